The first kappa shape index (κ1) is 22.0. The topological polar surface area (TPSA) is 77.4 Å². The van der Waals surface area contributed by atoms with Crippen molar-refractivity contribution < 1.29 is 29.2 Å². The summed E-state index contributed by atoms with van der Waals surface area (Å²) in [5.74, 6) is -0.859. The molecule has 1 fully saturated rings. The van der Waals surface area contributed by atoms with Gasteiger partial charge in [-0.3, -0.25) is 0 Å². The maximum absolute atomic E-state index is 9.78. The van der Waals surface area contributed by atoms with Crippen LogP contribution in [-0.4, -0.2) is 41.4 Å². The minimum Gasteiger partial charge on any atom is -0.394 e. The Labute approximate surface area is 189 Å². The number of hydrogen-bond acceptors (Lipinski definition) is 6. The third-order valence-electron chi connectivity index (χ3n) is 6.81. The number of ether oxygens (including phenoxy) is 4. The van der Waals surface area contributed by atoms with Gasteiger partial charge in [-0.2, -0.15) is 0 Å². The molecule has 6 heteroatoms. The van der Waals surface area contributed by atoms with E-state index >= 15 is 0 Å². The van der Waals surface area contributed by atoms with Gasteiger partial charge in [-0.25, -0.2) is 0 Å². The van der Waals surface area contributed by atoms with Crippen molar-refractivity contribution in [3.8, 4) is 0 Å². The zero-order valence-corrected chi connectivity index (χ0v) is 18.3. The summed E-state index contributed by atoms with van der Waals surface area (Å²) in [5, 5.41) is 19.6. The monoisotopic (exact) mass is 440 g/mol. The van der Waals surface area contributed by atoms with Gasteiger partial charge in [0, 0.05) is 36.8 Å². The molecule has 2 N–H and O–H groups in total. The molecule has 4 atom stereocenters. The van der Waals surface area contributed by atoms with Crippen molar-refractivity contribution in [3.05, 3.63) is 70.8 Å². The summed E-state index contributed by atoms with van der Waals surface area (Å²) in [4.78, 5) is 0. The van der Waals surface area contributed by atoms with E-state index in [1.807, 2.05) is 36.4 Å². The Morgan fingerprint density at radius 2 is 1.19 bits per heavy atom. The van der Waals surface area contributed by atoms with Gasteiger partial charge in [0.15, 0.2) is 18.4 Å². The lowest BCUT2D eigenvalue weighted by molar-refractivity contribution is -0.380. The van der Waals surface area contributed by atoms with E-state index in [0.29, 0.717) is 12.8 Å². The van der Waals surface area contributed by atoms with Gasteiger partial charge >= 0.3 is 0 Å². The van der Waals surface area contributed by atoms with Crippen LogP contribution in [0.4, 0.5) is 0 Å². The summed E-state index contributed by atoms with van der Waals surface area (Å²) < 4.78 is 25.6. The highest BCUT2D eigenvalue weighted by atomic mass is 16.8. The minimum absolute atomic E-state index is 0.0562. The summed E-state index contributed by atoms with van der Waals surface area (Å²) in [5.41, 5.74) is 4.25. The predicted octanol–water partition coefficient (Wildman–Crippen LogP) is 3.94. The minimum atomic E-state index is -0.859. The first-order valence-corrected chi connectivity index (χ1v) is 11.7. The second kappa shape index (κ2) is 9.59. The van der Waals surface area contributed by atoms with Crippen molar-refractivity contribution >= 4 is 0 Å². The van der Waals surface area contributed by atoms with Crippen molar-refractivity contribution in [2.45, 2.75) is 75.5 Å². The Hall–Kier alpha value is -1.80. The Morgan fingerprint density at radius 1 is 0.719 bits per heavy atom. The number of hydrogen-bond donors (Lipinski definition) is 2. The molecule has 2 heterocycles. The molecule has 2 aromatic rings. The fourth-order valence-electron chi connectivity index (χ4n) is 5.12. The van der Waals surface area contributed by atoms with Crippen LogP contribution in [0, 0.1) is 0 Å². The predicted molar refractivity (Wildman–Crippen MR) is 118 cm³/mol. The Balaban J connectivity index is 1.44. The molecule has 32 heavy (non-hydrogen) atoms. The van der Waals surface area contributed by atoms with Crippen LogP contribution < -0.4 is 0 Å². The van der Waals surface area contributed by atoms with Crippen LogP contribution in [0.2, 0.25) is 0 Å². The number of aliphatic hydroxyl groups excluding tert-OH is 2. The molecule has 0 aromatic heterocycles. The van der Waals surface area contributed by atoms with E-state index in [4.69, 9.17) is 18.9 Å². The van der Waals surface area contributed by atoms with E-state index in [1.54, 1.807) is 0 Å². The van der Waals surface area contributed by atoms with E-state index < -0.39 is 18.4 Å². The Kier molecular flexibility index (Phi) is 6.60. The molecular weight excluding hydrogens is 408 g/mol. The number of fused-ring (bicyclic) bond motifs is 2. The lowest BCUT2D eigenvalue weighted by atomic mass is 9.92. The highest BCUT2D eigenvalue weighted by molar-refractivity contribution is 5.31. The Bertz CT molecular complexity index is 841. The van der Waals surface area contributed by atoms with Crippen LogP contribution in [0.3, 0.4) is 0 Å². The third kappa shape index (κ3) is 4.49. The van der Waals surface area contributed by atoms with Crippen LogP contribution in [0.5, 0.6) is 0 Å². The smallest absolute Gasteiger partial charge is 0.187 e. The molecule has 0 bridgehead atoms. The van der Waals surface area contributed by atoms with Crippen LogP contribution in [-0.2, 0) is 31.8 Å². The molecule has 5 rings (SSSR count). The average Bonchev–Trinajstić information content (AvgIpc) is 2.84. The SMILES string of the molecule is OCC1Cc2ccccc2C(OC2(OC3OC(CO)Cc4ccccc43)CCCCC2)O1. The van der Waals surface area contributed by atoms with Gasteiger partial charge in [0.2, 0.25) is 0 Å². The van der Waals surface area contributed by atoms with Gasteiger partial charge in [-0.15, -0.1) is 0 Å². The van der Waals surface area contributed by atoms with Crippen molar-refractivity contribution in [2.24, 2.45) is 0 Å². The van der Waals surface area contributed by atoms with E-state index in [9.17, 15) is 10.2 Å². The highest BCUT2D eigenvalue weighted by Crippen LogP contribution is 2.44. The molecule has 0 amide bonds. The van der Waals surface area contributed by atoms with Gasteiger partial charge in [-0.05, 0) is 24.0 Å². The summed E-state index contributed by atoms with van der Waals surface area (Å²) in [6.45, 7) is -0.112. The average molecular weight is 441 g/mol. The highest BCUT2D eigenvalue weighted by Gasteiger charge is 2.43. The normalized spacial score (nSPS) is 29.2. The molecule has 0 radical (unpaired) electrons. The van der Waals surface area contributed by atoms with E-state index in [1.165, 1.54) is 0 Å². The molecule has 1 saturated carbocycles. The van der Waals surface area contributed by atoms with Gasteiger partial charge in [0.1, 0.15) is 0 Å². The molecule has 0 spiro atoms. The summed E-state index contributed by atoms with van der Waals surface area (Å²) >= 11 is 0. The first-order valence-electron chi connectivity index (χ1n) is 11.7. The third-order valence-corrected chi connectivity index (χ3v) is 6.81. The molecule has 2 aromatic carbocycles. The van der Waals surface area contributed by atoms with Crippen molar-refractivity contribution in [3.63, 3.8) is 0 Å². The zero-order valence-electron chi connectivity index (χ0n) is 18.3. The van der Waals surface area contributed by atoms with Crippen LogP contribution >= 0.6 is 0 Å². The molecule has 3 aliphatic rings. The summed E-state index contributed by atoms with van der Waals surface area (Å²) in [6.07, 6.45) is 4.11. The second-order valence-electron chi connectivity index (χ2n) is 9.06. The van der Waals surface area contributed by atoms with Crippen LogP contribution in [0.15, 0.2) is 48.5 Å². The lowest BCUT2D eigenvalue weighted by Crippen LogP contribution is -2.44. The second-order valence-corrected chi connectivity index (χ2v) is 9.06. The molecule has 4 unspecified atom stereocenters. The van der Waals surface area contributed by atoms with E-state index in [0.717, 1.165) is 54.4 Å². The maximum Gasteiger partial charge on any atom is 0.187 e. The maximum atomic E-state index is 9.78. The van der Waals surface area contributed by atoms with Gasteiger partial charge < -0.3 is 29.2 Å². The van der Waals surface area contributed by atoms with Crippen LogP contribution in [0.25, 0.3) is 0 Å². The van der Waals surface area contributed by atoms with Gasteiger partial charge in [0.25, 0.3) is 0 Å². The van der Waals surface area contributed by atoms with Crippen LogP contribution in [0.1, 0.15) is 66.9 Å². The first-order chi connectivity index (χ1) is 15.7. The molecule has 2 aliphatic heterocycles. The zero-order chi connectivity index (χ0) is 22.0. The fraction of sp³-hybridized carbons (Fsp3) is 0.538. The lowest BCUT2D eigenvalue weighted by Gasteiger charge is -2.44. The van der Waals surface area contributed by atoms with Crippen molar-refractivity contribution in [2.75, 3.05) is 13.2 Å². The molecular formula is C26H32O6. The quantitative estimate of drug-likeness (QED) is 0.663. The standard InChI is InChI=1S/C26H32O6/c27-16-20-14-18-8-2-4-10-22(18)24(29-20)31-26(12-6-1-7-13-26)32-25-23-11-5-3-9-19(23)15-21(17-28)30-25/h2-5,8-11,20-21,24-25,27-28H,1,6-7,12-17H2. The number of benzene rings is 2. The fourth-order valence-corrected chi connectivity index (χ4v) is 5.12. The Morgan fingerprint density at radius 3 is 1.66 bits per heavy atom. The van der Waals surface area contributed by atoms with Gasteiger partial charge in [-0.1, -0.05) is 55.0 Å². The summed E-state index contributed by atoms with van der Waals surface area (Å²) in [6, 6.07) is 16.2. The molecule has 172 valence electrons. The van der Waals surface area contributed by atoms with Gasteiger partial charge in [0.05, 0.1) is 25.4 Å². The largest absolute Gasteiger partial charge is 0.394 e. The summed E-state index contributed by atoms with van der Waals surface area (Å²) in [7, 11) is 0. The van der Waals surface area contributed by atoms with E-state index in [2.05, 4.69) is 12.1 Å². The van der Waals surface area contributed by atoms with Crippen molar-refractivity contribution in [1.29, 1.82) is 0 Å². The number of aliphatic hydroxyl groups is 2. The molecule has 6 nitrogen and oxygen atoms in total. The number of rotatable bonds is 6. The molecule has 0 saturated heterocycles. The van der Waals surface area contributed by atoms with E-state index in [-0.39, 0.29) is 25.4 Å². The van der Waals surface area contributed by atoms with Crippen molar-refractivity contribution in [1.82, 2.24) is 0 Å². The molecule has 1 aliphatic carbocycles.